The monoisotopic (exact) mass is 302 g/mol. The van der Waals surface area contributed by atoms with Crippen molar-refractivity contribution in [2.24, 2.45) is 11.8 Å². The van der Waals surface area contributed by atoms with Crippen molar-refractivity contribution in [3.05, 3.63) is 34.9 Å². The average molecular weight is 302 g/mol. The van der Waals surface area contributed by atoms with Crippen LogP contribution < -0.4 is 0 Å². The number of hydrogen-bond donors (Lipinski definition) is 0. The van der Waals surface area contributed by atoms with Crippen LogP contribution in [0.15, 0.2) is 18.2 Å². The number of hydrogen-bond acceptors (Lipinski definition) is 4. The van der Waals surface area contributed by atoms with E-state index in [9.17, 15) is 4.79 Å². The van der Waals surface area contributed by atoms with Crippen LogP contribution in [0.3, 0.4) is 0 Å². The summed E-state index contributed by atoms with van der Waals surface area (Å²) in [6.07, 6.45) is 1.32. The highest BCUT2D eigenvalue weighted by molar-refractivity contribution is 5.80. The van der Waals surface area contributed by atoms with E-state index in [1.54, 1.807) is 0 Å². The fourth-order valence-electron chi connectivity index (χ4n) is 3.91. The maximum Gasteiger partial charge on any atom is 0.309 e. The van der Waals surface area contributed by atoms with Gasteiger partial charge in [-0.25, -0.2) is 0 Å². The van der Waals surface area contributed by atoms with Gasteiger partial charge in [-0.05, 0) is 42.9 Å². The normalized spacial score (nSPS) is 32.1. The van der Waals surface area contributed by atoms with Crippen LogP contribution in [0.2, 0.25) is 0 Å². The number of fused-ring (bicyclic) bond motifs is 3. The van der Waals surface area contributed by atoms with E-state index in [1.807, 2.05) is 6.92 Å². The predicted octanol–water partition coefficient (Wildman–Crippen LogP) is 2.61. The zero-order valence-electron chi connectivity index (χ0n) is 13.1. The van der Waals surface area contributed by atoms with Crippen molar-refractivity contribution in [1.29, 1.82) is 0 Å². The molecule has 5 atom stereocenters. The van der Waals surface area contributed by atoms with E-state index in [2.05, 4.69) is 25.1 Å². The molecule has 1 aromatic carbocycles. The number of esters is 1. The third-order valence-electron chi connectivity index (χ3n) is 5.12. The second kappa shape index (κ2) is 5.36. The number of carbonyl (C=O) groups is 1. The van der Waals surface area contributed by atoms with E-state index in [0.717, 1.165) is 13.0 Å². The highest BCUT2D eigenvalue weighted by atomic mass is 16.6. The fourth-order valence-corrected chi connectivity index (χ4v) is 3.91. The molecule has 4 heteroatoms. The van der Waals surface area contributed by atoms with Gasteiger partial charge in [-0.3, -0.25) is 4.79 Å². The van der Waals surface area contributed by atoms with Crippen LogP contribution in [0.5, 0.6) is 0 Å². The predicted molar refractivity (Wildman–Crippen MR) is 80.6 cm³/mol. The van der Waals surface area contributed by atoms with Crippen molar-refractivity contribution in [2.75, 3.05) is 19.8 Å². The first-order chi connectivity index (χ1) is 10.7. The molecule has 3 aliphatic rings. The van der Waals surface area contributed by atoms with Gasteiger partial charge in [-0.2, -0.15) is 0 Å². The van der Waals surface area contributed by atoms with Crippen LogP contribution in [0.1, 0.15) is 42.6 Å². The summed E-state index contributed by atoms with van der Waals surface area (Å²) < 4.78 is 16.4. The van der Waals surface area contributed by atoms with Crippen molar-refractivity contribution >= 4 is 5.97 Å². The topological polar surface area (TPSA) is 48.1 Å². The van der Waals surface area contributed by atoms with Gasteiger partial charge in [0.15, 0.2) is 0 Å². The number of carbonyl (C=O) groups excluding carboxylic acids is 1. The first-order valence-electron chi connectivity index (χ1n) is 8.22. The van der Waals surface area contributed by atoms with E-state index in [-0.39, 0.29) is 24.1 Å². The molecule has 0 aromatic heterocycles. The summed E-state index contributed by atoms with van der Waals surface area (Å²) in [4.78, 5) is 12.1. The van der Waals surface area contributed by atoms with E-state index >= 15 is 0 Å². The molecule has 1 saturated carbocycles. The molecule has 22 heavy (non-hydrogen) atoms. The Hall–Kier alpha value is -1.39. The van der Waals surface area contributed by atoms with Gasteiger partial charge in [0.1, 0.15) is 6.10 Å². The molecule has 1 aromatic rings. The second-order valence-electron chi connectivity index (χ2n) is 6.52. The van der Waals surface area contributed by atoms with Crippen molar-refractivity contribution in [2.45, 2.75) is 38.4 Å². The van der Waals surface area contributed by atoms with Gasteiger partial charge in [0, 0.05) is 5.92 Å². The molecule has 4 rings (SSSR count). The van der Waals surface area contributed by atoms with Crippen LogP contribution in [0, 0.1) is 11.8 Å². The minimum atomic E-state index is -0.0297. The zero-order chi connectivity index (χ0) is 15.3. The molecular weight excluding hydrogens is 280 g/mol. The first-order valence-corrected chi connectivity index (χ1v) is 8.22. The molecule has 4 nitrogen and oxygen atoms in total. The van der Waals surface area contributed by atoms with Crippen molar-refractivity contribution in [3.8, 4) is 0 Å². The summed E-state index contributed by atoms with van der Waals surface area (Å²) in [6.45, 7) is 5.89. The van der Waals surface area contributed by atoms with Crippen molar-refractivity contribution in [1.82, 2.24) is 0 Å². The molecule has 0 unspecified atom stereocenters. The van der Waals surface area contributed by atoms with Crippen LogP contribution in [-0.2, 0) is 25.4 Å². The Balaban J connectivity index is 1.53. The Bertz CT molecular complexity index is 593. The Morgan fingerprint density at radius 3 is 3.00 bits per heavy atom. The molecule has 0 bridgehead atoms. The fraction of sp³-hybridized carbons (Fsp3) is 0.611. The largest absolute Gasteiger partial charge is 0.466 e. The summed E-state index contributed by atoms with van der Waals surface area (Å²) in [6, 6.07) is 6.43. The molecular formula is C18H22O4. The van der Waals surface area contributed by atoms with Gasteiger partial charge in [-0.15, -0.1) is 0 Å². The lowest BCUT2D eigenvalue weighted by molar-refractivity contribution is -0.145. The van der Waals surface area contributed by atoms with Crippen molar-refractivity contribution in [3.63, 3.8) is 0 Å². The minimum absolute atomic E-state index is 0.0297. The van der Waals surface area contributed by atoms with Gasteiger partial charge in [0.2, 0.25) is 0 Å². The Morgan fingerprint density at radius 2 is 2.27 bits per heavy atom. The summed E-state index contributed by atoms with van der Waals surface area (Å²) in [5.41, 5.74) is 3.96. The summed E-state index contributed by atoms with van der Waals surface area (Å²) in [5, 5.41) is 0. The molecule has 2 fully saturated rings. The molecule has 0 spiro atoms. The van der Waals surface area contributed by atoms with E-state index in [4.69, 9.17) is 14.2 Å². The Labute approximate surface area is 130 Å². The zero-order valence-corrected chi connectivity index (χ0v) is 13.1. The molecule has 118 valence electrons. The summed E-state index contributed by atoms with van der Waals surface area (Å²) in [7, 11) is 0. The van der Waals surface area contributed by atoms with Gasteiger partial charge < -0.3 is 14.2 Å². The SMILES string of the molecule is CCOC(=O)[C@@H]1[C@H]2Cc3cccc([C@@H](C)OC[C@H]4CO4)c3[C@H]21. The van der Waals surface area contributed by atoms with Gasteiger partial charge in [0.05, 0.1) is 31.8 Å². The highest BCUT2D eigenvalue weighted by Gasteiger charge is 2.61. The van der Waals surface area contributed by atoms with E-state index in [0.29, 0.717) is 25.0 Å². The van der Waals surface area contributed by atoms with E-state index in [1.165, 1.54) is 16.7 Å². The Morgan fingerprint density at radius 1 is 1.45 bits per heavy atom. The molecule has 0 amide bonds. The number of benzene rings is 1. The highest BCUT2D eigenvalue weighted by Crippen LogP contribution is 2.63. The number of ether oxygens (including phenoxy) is 3. The van der Waals surface area contributed by atoms with Crippen LogP contribution in [0.4, 0.5) is 0 Å². The maximum atomic E-state index is 12.1. The second-order valence-corrected chi connectivity index (χ2v) is 6.52. The lowest BCUT2D eigenvalue weighted by Gasteiger charge is -2.18. The van der Waals surface area contributed by atoms with Gasteiger partial charge >= 0.3 is 5.97 Å². The molecule has 1 aliphatic heterocycles. The first kappa shape index (κ1) is 14.2. The number of rotatable bonds is 6. The molecule has 1 heterocycles. The standard InChI is InChI=1S/C18H22O4/c1-3-20-18(19)17-14-7-11-5-4-6-13(15(11)16(14)17)10(2)21-8-12-9-22-12/h4-6,10,12,14,16-17H,3,7-9H2,1-2H3/t10-,12+,14+,16+,17-/m1/s1. The average Bonchev–Trinajstić information content (AvgIpc) is 3.42. The quantitative estimate of drug-likeness (QED) is 0.598. The van der Waals surface area contributed by atoms with Gasteiger partial charge in [-0.1, -0.05) is 18.2 Å². The third kappa shape index (κ3) is 2.34. The smallest absolute Gasteiger partial charge is 0.309 e. The minimum Gasteiger partial charge on any atom is -0.466 e. The lowest BCUT2D eigenvalue weighted by Crippen LogP contribution is -2.13. The Kier molecular flexibility index (Phi) is 3.46. The van der Waals surface area contributed by atoms with Crippen LogP contribution >= 0.6 is 0 Å². The molecule has 0 N–H and O–H groups in total. The van der Waals surface area contributed by atoms with E-state index < -0.39 is 0 Å². The van der Waals surface area contributed by atoms with Crippen molar-refractivity contribution < 1.29 is 19.0 Å². The van der Waals surface area contributed by atoms with Crippen LogP contribution in [0.25, 0.3) is 0 Å². The molecule has 0 radical (unpaired) electrons. The van der Waals surface area contributed by atoms with Gasteiger partial charge in [0.25, 0.3) is 0 Å². The number of epoxide rings is 1. The summed E-state index contributed by atoms with van der Waals surface area (Å²) >= 11 is 0. The third-order valence-corrected chi connectivity index (χ3v) is 5.12. The summed E-state index contributed by atoms with van der Waals surface area (Å²) in [5.74, 6) is 0.813. The maximum absolute atomic E-state index is 12.1. The van der Waals surface area contributed by atoms with Crippen LogP contribution in [-0.4, -0.2) is 31.9 Å². The molecule has 1 saturated heterocycles. The molecule has 2 aliphatic carbocycles. The lowest BCUT2D eigenvalue weighted by atomic mass is 9.94.